The van der Waals surface area contributed by atoms with E-state index in [2.05, 4.69) is 11.8 Å². The molecule has 2 rings (SSSR count). The van der Waals surface area contributed by atoms with Crippen molar-refractivity contribution in [1.29, 1.82) is 0 Å². The van der Waals surface area contributed by atoms with Crippen molar-refractivity contribution < 1.29 is 4.57 Å². The number of rotatable bonds is 0. The quantitative estimate of drug-likeness (QED) is 0.496. The molecule has 0 aliphatic carbocycles. The van der Waals surface area contributed by atoms with Gasteiger partial charge < -0.3 is 0 Å². The molecule has 0 aliphatic heterocycles. The fraction of sp³-hybridized carbons (Fsp3) is 0. The number of hydrogen-bond donors (Lipinski definition) is 0. The molecule has 0 saturated heterocycles. The lowest BCUT2D eigenvalue weighted by molar-refractivity contribution is 0.607. The molecule has 0 amide bonds. The molecule has 0 spiro atoms. The Hall–Kier alpha value is -1.90. The topological polar surface area (TPSA) is 17.1 Å². The van der Waals surface area contributed by atoms with Gasteiger partial charge in [-0.15, -0.1) is 0 Å². The zero-order valence-corrected chi connectivity index (χ0v) is 9.68. The van der Waals surface area contributed by atoms with Gasteiger partial charge in [0.15, 0.2) is 0 Å². The summed E-state index contributed by atoms with van der Waals surface area (Å²) in [5, 5.41) is 0. The third kappa shape index (κ3) is 4.09. The van der Waals surface area contributed by atoms with Crippen molar-refractivity contribution in [1.82, 2.24) is 0 Å². The van der Waals surface area contributed by atoms with Gasteiger partial charge in [0.25, 0.3) is 0 Å². The maximum Gasteiger partial charge on any atom is 0.138 e. The molecule has 0 fully saturated rings. The molecule has 0 N–H and O–H groups in total. The lowest BCUT2D eigenvalue weighted by atomic mass is 10.2. The van der Waals surface area contributed by atoms with E-state index in [-0.39, 0.29) is 0 Å². The van der Waals surface area contributed by atoms with Crippen molar-refractivity contribution in [3.63, 3.8) is 0 Å². The molecule has 2 aromatic carbocycles. The summed E-state index contributed by atoms with van der Waals surface area (Å²) < 4.78 is 8.06. The van der Waals surface area contributed by atoms with Gasteiger partial charge in [-0.25, -0.2) is 0 Å². The summed E-state index contributed by atoms with van der Waals surface area (Å²) in [5.74, 6) is 6.22. The summed E-state index contributed by atoms with van der Waals surface area (Å²) in [5.41, 5.74) is 2.10. The first-order chi connectivity index (χ1) is 7.95. The van der Waals surface area contributed by atoms with E-state index >= 15 is 0 Å². The molecule has 0 aromatic heterocycles. The predicted octanol–water partition coefficient (Wildman–Crippen LogP) is 3.56. The zero-order valence-electron chi connectivity index (χ0n) is 8.68. The molecule has 0 saturated carbocycles. The molecule has 1 nitrogen and oxygen atoms in total. The van der Waals surface area contributed by atoms with E-state index in [0.717, 1.165) is 11.1 Å². The largest absolute Gasteiger partial charge is 0.279 e. The Morgan fingerprint density at radius 1 is 0.625 bits per heavy atom. The van der Waals surface area contributed by atoms with Crippen LogP contribution in [0.25, 0.3) is 0 Å². The molecule has 0 atom stereocenters. The van der Waals surface area contributed by atoms with E-state index in [1.165, 1.54) is 0 Å². The summed E-state index contributed by atoms with van der Waals surface area (Å²) in [6, 6.07) is 20.0. The maximum absolute atomic E-state index is 8.06. The molecule has 0 heterocycles. The molecule has 78 valence electrons. The standard InChI is InChI=1S/C14H10.HOP/c1-3-7-13(8-4-1)11-12-14-9-5-2-6-10-14;1-2/h1-10H;2H. The molecular weight excluding hydrogens is 215 g/mol. The number of hydrogen-bond acceptors (Lipinski definition) is 1. The summed E-state index contributed by atoms with van der Waals surface area (Å²) in [7, 11) is 1.72. The minimum absolute atomic E-state index is 1.05. The van der Waals surface area contributed by atoms with Crippen molar-refractivity contribution in [2.24, 2.45) is 0 Å². The summed E-state index contributed by atoms with van der Waals surface area (Å²) in [6.07, 6.45) is 0. The number of benzene rings is 2. The lowest BCUT2D eigenvalue weighted by Gasteiger charge is -1.88. The van der Waals surface area contributed by atoms with Crippen LogP contribution in [0.1, 0.15) is 11.1 Å². The van der Waals surface area contributed by atoms with E-state index in [9.17, 15) is 0 Å². The van der Waals surface area contributed by atoms with Crippen LogP contribution in [-0.4, -0.2) is 0 Å². The Balaban J connectivity index is 0.000000606. The van der Waals surface area contributed by atoms with Crippen LogP contribution in [0.3, 0.4) is 0 Å². The second-order valence-electron chi connectivity index (χ2n) is 2.98. The van der Waals surface area contributed by atoms with Gasteiger partial charge in [0.1, 0.15) is 9.12 Å². The molecule has 2 heteroatoms. The van der Waals surface area contributed by atoms with Gasteiger partial charge in [0.05, 0.1) is 0 Å². The van der Waals surface area contributed by atoms with Gasteiger partial charge >= 0.3 is 0 Å². The SMILES string of the molecule is C(#Cc1ccccc1)c1ccccc1.O=P. The first-order valence-electron chi connectivity index (χ1n) is 4.78. The minimum Gasteiger partial charge on any atom is -0.279 e. The lowest BCUT2D eigenvalue weighted by Crippen LogP contribution is -1.73. The van der Waals surface area contributed by atoms with Gasteiger partial charge in [0.2, 0.25) is 0 Å². The Labute approximate surface area is 97.8 Å². The fourth-order valence-electron chi connectivity index (χ4n) is 1.19. The van der Waals surface area contributed by atoms with Crippen LogP contribution in [0.4, 0.5) is 0 Å². The van der Waals surface area contributed by atoms with Crippen LogP contribution in [-0.2, 0) is 4.57 Å². The third-order valence-corrected chi connectivity index (χ3v) is 1.90. The molecule has 0 radical (unpaired) electrons. The Morgan fingerprint density at radius 2 is 0.938 bits per heavy atom. The molecule has 0 bridgehead atoms. The third-order valence-electron chi connectivity index (χ3n) is 1.90. The van der Waals surface area contributed by atoms with E-state index in [1.807, 2.05) is 60.7 Å². The Kier molecular flexibility index (Phi) is 5.63. The van der Waals surface area contributed by atoms with Crippen LogP contribution in [0.15, 0.2) is 60.7 Å². The van der Waals surface area contributed by atoms with Gasteiger partial charge in [-0.2, -0.15) is 0 Å². The maximum atomic E-state index is 8.06. The molecule has 0 aliphatic rings. The molecule has 2 aromatic rings. The monoisotopic (exact) mass is 226 g/mol. The summed E-state index contributed by atoms with van der Waals surface area (Å²) in [6.45, 7) is 0. The highest BCUT2D eigenvalue weighted by molar-refractivity contribution is 7.00. The van der Waals surface area contributed by atoms with Crippen molar-refractivity contribution in [3.8, 4) is 11.8 Å². The van der Waals surface area contributed by atoms with Gasteiger partial charge in [-0.3, -0.25) is 4.57 Å². The van der Waals surface area contributed by atoms with E-state index in [4.69, 9.17) is 4.57 Å². The fourth-order valence-corrected chi connectivity index (χ4v) is 1.19. The molecule has 16 heavy (non-hydrogen) atoms. The van der Waals surface area contributed by atoms with Gasteiger partial charge in [0, 0.05) is 11.1 Å². The minimum atomic E-state index is 1.05. The van der Waals surface area contributed by atoms with Crippen molar-refractivity contribution in [2.45, 2.75) is 0 Å². The van der Waals surface area contributed by atoms with Gasteiger partial charge in [-0.05, 0) is 24.3 Å². The summed E-state index contributed by atoms with van der Waals surface area (Å²) >= 11 is 0. The smallest absolute Gasteiger partial charge is 0.138 e. The Bertz CT molecular complexity index is 425. The zero-order chi connectivity index (χ0) is 11.6. The van der Waals surface area contributed by atoms with E-state index < -0.39 is 0 Å². The van der Waals surface area contributed by atoms with Crippen LogP contribution >= 0.6 is 9.12 Å². The van der Waals surface area contributed by atoms with Gasteiger partial charge in [-0.1, -0.05) is 48.2 Å². The average Bonchev–Trinajstić information content (AvgIpc) is 2.41. The second-order valence-corrected chi connectivity index (χ2v) is 2.98. The summed E-state index contributed by atoms with van der Waals surface area (Å²) in [4.78, 5) is 0. The first kappa shape index (κ1) is 12.2. The van der Waals surface area contributed by atoms with Crippen LogP contribution in [0.2, 0.25) is 0 Å². The van der Waals surface area contributed by atoms with Crippen LogP contribution in [0, 0.1) is 11.8 Å². The van der Waals surface area contributed by atoms with Crippen LogP contribution < -0.4 is 0 Å². The highest BCUT2D eigenvalue weighted by Crippen LogP contribution is 1.98. The van der Waals surface area contributed by atoms with E-state index in [1.54, 1.807) is 9.12 Å². The molecular formula is C14H11OP. The first-order valence-corrected chi connectivity index (χ1v) is 5.18. The highest BCUT2D eigenvalue weighted by atomic mass is 31.0. The van der Waals surface area contributed by atoms with Crippen molar-refractivity contribution >= 4 is 9.12 Å². The second kappa shape index (κ2) is 7.40. The van der Waals surface area contributed by atoms with Crippen molar-refractivity contribution in [2.75, 3.05) is 0 Å². The van der Waals surface area contributed by atoms with E-state index in [0.29, 0.717) is 0 Å². The predicted molar refractivity (Wildman–Crippen MR) is 67.9 cm³/mol. The normalized spacial score (nSPS) is 8.00. The average molecular weight is 226 g/mol. The van der Waals surface area contributed by atoms with Crippen molar-refractivity contribution in [3.05, 3.63) is 71.8 Å². The van der Waals surface area contributed by atoms with Crippen LogP contribution in [0.5, 0.6) is 0 Å². The Morgan fingerprint density at radius 3 is 1.25 bits per heavy atom. The molecule has 0 unspecified atom stereocenters. The highest BCUT2D eigenvalue weighted by Gasteiger charge is 1.83.